The molecule has 2 atom stereocenters. The van der Waals surface area contributed by atoms with Crippen molar-refractivity contribution in [3.8, 4) is 0 Å². The second kappa shape index (κ2) is 7.77. The molecule has 1 fully saturated rings. The fourth-order valence-corrected chi connectivity index (χ4v) is 3.92. The number of aliphatic imine (C=N–C) groups is 1. The zero-order valence-electron chi connectivity index (χ0n) is 17.2. The Morgan fingerprint density at radius 1 is 1.26 bits per heavy atom. The number of hydrazine groups is 1. The number of aromatic nitrogens is 2. The second-order valence-electron chi connectivity index (χ2n) is 8.22. The number of hydrogen-bond donors (Lipinski definition) is 2. The molecule has 0 bridgehead atoms. The first kappa shape index (κ1) is 19.7. The Kier molecular flexibility index (Phi) is 4.93. The van der Waals surface area contributed by atoms with Crippen molar-refractivity contribution in [2.24, 2.45) is 4.99 Å². The van der Waals surface area contributed by atoms with Crippen LogP contribution < -0.4 is 15.6 Å². The molecule has 162 valence electrons. The lowest BCUT2D eigenvalue weighted by Gasteiger charge is -2.22. The van der Waals surface area contributed by atoms with Crippen LogP contribution in [0.5, 0.6) is 0 Å². The number of halogens is 1. The molecule has 1 aromatic carbocycles. The van der Waals surface area contributed by atoms with Crippen LogP contribution >= 0.6 is 0 Å². The summed E-state index contributed by atoms with van der Waals surface area (Å²) in [6, 6.07) is 7.47. The van der Waals surface area contributed by atoms with Crippen molar-refractivity contribution in [2.75, 3.05) is 11.9 Å². The van der Waals surface area contributed by atoms with E-state index in [0.717, 1.165) is 29.9 Å². The van der Waals surface area contributed by atoms with Gasteiger partial charge in [-0.25, -0.2) is 19.5 Å². The number of carbonyl (C=O) groups is 2. The topological polar surface area (TPSA) is 94.9 Å². The highest BCUT2D eigenvalue weighted by Gasteiger charge is 2.35. The third kappa shape index (κ3) is 4.02. The lowest BCUT2D eigenvalue weighted by atomic mass is 10.2. The van der Waals surface area contributed by atoms with Crippen molar-refractivity contribution in [3.05, 3.63) is 47.4 Å². The molecule has 2 aromatic rings. The third-order valence-corrected chi connectivity index (χ3v) is 5.85. The number of nitrogens with one attached hydrogen (secondary N) is 2. The Morgan fingerprint density at radius 3 is 2.77 bits per heavy atom. The molecule has 9 nitrogen and oxygen atoms in total. The van der Waals surface area contributed by atoms with Crippen LogP contribution in [0.2, 0.25) is 0 Å². The number of likely N-dealkylation sites (N-methyl/N-ethyl adjacent to an activating group) is 1. The number of aryl methyl sites for hydroxylation is 1. The Labute approximate surface area is 178 Å². The summed E-state index contributed by atoms with van der Waals surface area (Å²) >= 11 is 0. The number of anilines is 1. The van der Waals surface area contributed by atoms with Crippen LogP contribution in [0.15, 0.2) is 35.3 Å². The molecule has 10 heteroatoms. The third-order valence-electron chi connectivity index (χ3n) is 5.85. The van der Waals surface area contributed by atoms with Crippen LogP contribution in [0.3, 0.4) is 0 Å². The summed E-state index contributed by atoms with van der Waals surface area (Å²) < 4.78 is 14.9. The standard InChI is InChI=1S/C21H24FN7O2/c1-27-18-10-17(14-4-5-14)25-29(18)9-8-16(21(27)31)24-20(30)19-23-12-28(26-19)11-13-2-6-15(22)7-3-13/h2-3,6-7,10,12,14,16,19,26H,4-5,8-9,11H2,1H3,(H,24,30). The van der Waals surface area contributed by atoms with Gasteiger partial charge in [-0.05, 0) is 37.0 Å². The molecule has 1 aliphatic carbocycles. The lowest BCUT2D eigenvalue weighted by molar-refractivity contribution is -0.129. The fourth-order valence-electron chi connectivity index (χ4n) is 3.92. The lowest BCUT2D eigenvalue weighted by Crippen LogP contribution is -2.52. The SMILES string of the molecule is CN1C(=O)C(NC(=O)C2N=CN(Cc3ccc(F)cc3)N2)CCn2nc(C3CC3)cc21. The van der Waals surface area contributed by atoms with Crippen molar-refractivity contribution < 1.29 is 14.0 Å². The molecule has 0 spiro atoms. The van der Waals surface area contributed by atoms with Gasteiger partial charge < -0.3 is 5.32 Å². The van der Waals surface area contributed by atoms with Gasteiger partial charge in [0.25, 0.3) is 11.8 Å². The molecule has 2 aliphatic heterocycles. The molecule has 1 saturated carbocycles. The number of fused-ring (bicyclic) bond motifs is 1. The van der Waals surface area contributed by atoms with Crippen molar-refractivity contribution in [3.63, 3.8) is 0 Å². The molecule has 3 heterocycles. The highest BCUT2D eigenvalue weighted by molar-refractivity contribution is 5.99. The van der Waals surface area contributed by atoms with Gasteiger partial charge >= 0.3 is 0 Å². The molecule has 0 saturated heterocycles. The van der Waals surface area contributed by atoms with E-state index >= 15 is 0 Å². The zero-order chi connectivity index (χ0) is 21.5. The molecule has 2 unspecified atom stereocenters. The van der Waals surface area contributed by atoms with Gasteiger partial charge in [0.05, 0.1) is 12.2 Å². The normalized spacial score (nSPS) is 23.1. The first-order valence-electron chi connectivity index (χ1n) is 10.4. The van der Waals surface area contributed by atoms with Crippen LogP contribution in [-0.4, -0.2) is 52.2 Å². The van der Waals surface area contributed by atoms with E-state index in [1.807, 2.05) is 10.7 Å². The maximum atomic E-state index is 13.1. The monoisotopic (exact) mass is 425 g/mol. The van der Waals surface area contributed by atoms with Crippen molar-refractivity contribution in [2.45, 2.75) is 50.5 Å². The molecular weight excluding hydrogens is 401 g/mol. The number of carbonyl (C=O) groups excluding carboxylic acids is 2. The summed E-state index contributed by atoms with van der Waals surface area (Å²) in [5.74, 6) is 0.448. The predicted molar refractivity (Wildman–Crippen MR) is 112 cm³/mol. The summed E-state index contributed by atoms with van der Waals surface area (Å²) in [7, 11) is 1.72. The number of amides is 2. The summed E-state index contributed by atoms with van der Waals surface area (Å²) in [5, 5.41) is 9.13. The molecule has 2 N–H and O–H groups in total. The van der Waals surface area contributed by atoms with Gasteiger partial charge in [0.1, 0.15) is 24.0 Å². The Hall–Kier alpha value is -3.27. The average molecular weight is 425 g/mol. The van der Waals surface area contributed by atoms with Crippen LogP contribution in [0.4, 0.5) is 10.2 Å². The molecule has 5 rings (SSSR count). The highest BCUT2D eigenvalue weighted by atomic mass is 19.1. The van der Waals surface area contributed by atoms with Gasteiger partial charge in [0.15, 0.2) is 6.17 Å². The van der Waals surface area contributed by atoms with Gasteiger partial charge in [0.2, 0.25) is 0 Å². The average Bonchev–Trinajstić information content (AvgIpc) is 3.38. The Bertz CT molecular complexity index is 1030. The maximum Gasteiger partial charge on any atom is 0.261 e. The summed E-state index contributed by atoms with van der Waals surface area (Å²) in [6.45, 7) is 0.990. The van der Waals surface area contributed by atoms with E-state index in [1.165, 1.54) is 18.5 Å². The van der Waals surface area contributed by atoms with Gasteiger partial charge in [0, 0.05) is 25.6 Å². The number of rotatable bonds is 5. The summed E-state index contributed by atoms with van der Waals surface area (Å²) in [5.41, 5.74) is 4.91. The minimum atomic E-state index is -0.819. The Morgan fingerprint density at radius 2 is 2.03 bits per heavy atom. The first-order chi connectivity index (χ1) is 15.0. The number of nitrogens with zero attached hydrogens (tertiary/aromatic N) is 5. The van der Waals surface area contributed by atoms with E-state index in [-0.39, 0.29) is 17.6 Å². The van der Waals surface area contributed by atoms with Gasteiger partial charge in [-0.15, -0.1) is 0 Å². The van der Waals surface area contributed by atoms with E-state index < -0.39 is 12.2 Å². The Balaban J connectivity index is 1.18. The minimum Gasteiger partial charge on any atom is -0.341 e. The fraction of sp³-hybridized carbons (Fsp3) is 0.429. The van der Waals surface area contributed by atoms with Crippen molar-refractivity contribution in [1.82, 2.24) is 25.5 Å². The highest BCUT2D eigenvalue weighted by Crippen LogP contribution is 2.40. The minimum absolute atomic E-state index is 0.167. The second-order valence-corrected chi connectivity index (χ2v) is 8.22. The quantitative estimate of drug-likeness (QED) is 0.749. The zero-order valence-corrected chi connectivity index (χ0v) is 17.2. The van der Waals surface area contributed by atoms with E-state index in [4.69, 9.17) is 0 Å². The van der Waals surface area contributed by atoms with Gasteiger partial charge in [-0.3, -0.25) is 19.5 Å². The number of benzene rings is 1. The largest absolute Gasteiger partial charge is 0.341 e. The van der Waals surface area contributed by atoms with E-state index in [2.05, 4.69) is 20.8 Å². The van der Waals surface area contributed by atoms with Crippen LogP contribution in [0, 0.1) is 5.82 Å². The molecule has 3 aliphatic rings. The smallest absolute Gasteiger partial charge is 0.261 e. The molecule has 31 heavy (non-hydrogen) atoms. The molecule has 2 amide bonds. The van der Waals surface area contributed by atoms with Crippen LogP contribution in [0.25, 0.3) is 0 Å². The maximum absolute atomic E-state index is 13.1. The summed E-state index contributed by atoms with van der Waals surface area (Å²) in [4.78, 5) is 31.4. The van der Waals surface area contributed by atoms with Gasteiger partial charge in [-0.2, -0.15) is 5.10 Å². The first-order valence-corrected chi connectivity index (χ1v) is 10.4. The van der Waals surface area contributed by atoms with E-state index in [1.54, 1.807) is 29.1 Å². The molecule has 0 radical (unpaired) electrons. The van der Waals surface area contributed by atoms with E-state index in [0.29, 0.717) is 25.4 Å². The number of hydrogen-bond acceptors (Lipinski definition) is 6. The van der Waals surface area contributed by atoms with Gasteiger partial charge in [-0.1, -0.05) is 12.1 Å². The van der Waals surface area contributed by atoms with Crippen molar-refractivity contribution >= 4 is 24.0 Å². The molecular formula is C21H24FN7O2. The van der Waals surface area contributed by atoms with Crippen molar-refractivity contribution in [1.29, 1.82) is 0 Å². The summed E-state index contributed by atoms with van der Waals surface area (Å²) in [6.07, 6.45) is 3.48. The predicted octanol–water partition coefficient (Wildman–Crippen LogP) is 1.13. The van der Waals surface area contributed by atoms with E-state index in [9.17, 15) is 14.0 Å². The van der Waals surface area contributed by atoms with Crippen LogP contribution in [0.1, 0.15) is 36.4 Å². The van der Waals surface area contributed by atoms with Crippen LogP contribution in [-0.2, 0) is 22.7 Å². The molecule has 1 aromatic heterocycles.